The lowest BCUT2D eigenvalue weighted by Crippen LogP contribution is -2.13. The summed E-state index contributed by atoms with van der Waals surface area (Å²) in [7, 11) is 0. The summed E-state index contributed by atoms with van der Waals surface area (Å²) in [5.41, 5.74) is -0.157. The maximum atomic E-state index is 10.9. The van der Waals surface area contributed by atoms with Gasteiger partial charge in [0, 0.05) is 6.54 Å². The van der Waals surface area contributed by atoms with Gasteiger partial charge in [0.2, 0.25) is 0 Å². The molecule has 0 amide bonds. The Kier molecular flexibility index (Phi) is 3.89. The van der Waals surface area contributed by atoms with Crippen molar-refractivity contribution in [2.45, 2.75) is 40.2 Å². The molecule has 1 heterocycles. The third-order valence-corrected chi connectivity index (χ3v) is 2.76. The van der Waals surface area contributed by atoms with Crippen molar-refractivity contribution in [3.63, 3.8) is 0 Å². The average Bonchev–Trinajstić information content (AvgIpc) is 2.60. The molecule has 1 rings (SSSR count). The lowest BCUT2D eigenvalue weighted by Gasteiger charge is -2.15. The van der Waals surface area contributed by atoms with Crippen molar-refractivity contribution in [3.05, 3.63) is 17.7 Å². The zero-order valence-corrected chi connectivity index (χ0v) is 10.4. The van der Waals surface area contributed by atoms with Crippen LogP contribution in [-0.4, -0.2) is 20.6 Å². The molecule has 0 aliphatic rings. The summed E-state index contributed by atoms with van der Waals surface area (Å²) in [4.78, 5) is 14.9. The lowest BCUT2D eigenvalue weighted by molar-refractivity contribution is 0.0684. The molecule has 0 saturated carbocycles. The highest BCUT2D eigenvalue weighted by Gasteiger charge is 2.17. The van der Waals surface area contributed by atoms with E-state index < -0.39 is 5.97 Å². The summed E-state index contributed by atoms with van der Waals surface area (Å²) in [5.74, 6) is -0.276. The maximum Gasteiger partial charge on any atom is 0.354 e. The van der Waals surface area contributed by atoms with Gasteiger partial charge in [0.25, 0.3) is 0 Å². The predicted molar refractivity (Wildman–Crippen MR) is 62.6 cm³/mol. The van der Waals surface area contributed by atoms with E-state index in [2.05, 4.69) is 11.1 Å². The number of aromatic carboxylic acids is 1. The Labute approximate surface area is 101 Å². The largest absolute Gasteiger partial charge is 0.477 e. The van der Waals surface area contributed by atoms with Crippen molar-refractivity contribution in [3.8, 4) is 6.07 Å². The Morgan fingerprint density at radius 3 is 2.82 bits per heavy atom. The molecule has 0 bridgehead atoms. The van der Waals surface area contributed by atoms with E-state index in [1.165, 1.54) is 6.20 Å². The highest BCUT2D eigenvalue weighted by atomic mass is 16.4. The van der Waals surface area contributed by atoms with Crippen LogP contribution in [0.15, 0.2) is 6.20 Å². The molecule has 1 N–H and O–H groups in total. The van der Waals surface area contributed by atoms with Crippen molar-refractivity contribution in [2.24, 2.45) is 5.41 Å². The molecule has 1 aromatic rings. The number of carbonyl (C=O) groups is 1. The van der Waals surface area contributed by atoms with Crippen LogP contribution in [0.4, 0.5) is 0 Å². The minimum absolute atomic E-state index is 0.206. The van der Waals surface area contributed by atoms with Crippen molar-refractivity contribution in [2.75, 3.05) is 0 Å². The smallest absolute Gasteiger partial charge is 0.354 e. The summed E-state index contributed by atoms with van der Waals surface area (Å²) >= 11 is 0. The standard InChI is InChI=1S/C12H17N3O2/c1-9-14-7-10(11(16)17)15(9)6-4-5-12(2,3)8-13/h7H,4-6H2,1-3H3,(H,16,17). The summed E-state index contributed by atoms with van der Waals surface area (Å²) in [5, 5.41) is 17.9. The third kappa shape index (κ3) is 3.31. The highest BCUT2D eigenvalue weighted by molar-refractivity contribution is 5.85. The number of nitrogens with zero attached hydrogens (tertiary/aromatic N) is 3. The number of hydrogen-bond acceptors (Lipinski definition) is 3. The summed E-state index contributed by atoms with van der Waals surface area (Å²) < 4.78 is 1.68. The molecule has 0 unspecified atom stereocenters. The Morgan fingerprint density at radius 2 is 2.29 bits per heavy atom. The molecule has 0 aliphatic heterocycles. The molecule has 5 heteroatoms. The number of aryl methyl sites for hydroxylation is 1. The molecular formula is C12H17N3O2. The molecule has 0 atom stereocenters. The summed E-state index contributed by atoms with van der Waals surface area (Å²) in [6, 6.07) is 2.23. The number of hydrogen-bond donors (Lipinski definition) is 1. The van der Waals surface area contributed by atoms with E-state index >= 15 is 0 Å². The van der Waals surface area contributed by atoms with E-state index in [-0.39, 0.29) is 11.1 Å². The van der Waals surface area contributed by atoms with Crippen LogP contribution < -0.4 is 0 Å². The quantitative estimate of drug-likeness (QED) is 0.848. The van der Waals surface area contributed by atoms with Gasteiger partial charge >= 0.3 is 5.97 Å². The first-order valence-electron chi connectivity index (χ1n) is 5.54. The van der Waals surface area contributed by atoms with Crippen LogP contribution in [0.5, 0.6) is 0 Å². The average molecular weight is 235 g/mol. The second kappa shape index (κ2) is 5.00. The zero-order valence-electron chi connectivity index (χ0n) is 10.4. The fraction of sp³-hybridized carbons (Fsp3) is 0.583. The summed E-state index contributed by atoms with van der Waals surface area (Å²) in [6.07, 6.45) is 2.87. The number of carboxylic acid groups (broad SMARTS) is 1. The zero-order chi connectivity index (χ0) is 13.1. The van der Waals surface area contributed by atoms with Gasteiger partial charge in [0.1, 0.15) is 11.5 Å². The molecule has 0 aliphatic carbocycles. The minimum atomic E-state index is -0.967. The molecule has 0 spiro atoms. The number of imidazole rings is 1. The summed E-state index contributed by atoms with van der Waals surface area (Å²) in [6.45, 7) is 6.12. The van der Waals surface area contributed by atoms with E-state index in [9.17, 15) is 4.79 Å². The first kappa shape index (κ1) is 13.2. The van der Waals surface area contributed by atoms with Crippen LogP contribution in [-0.2, 0) is 6.54 Å². The Bertz CT molecular complexity index is 455. The van der Waals surface area contributed by atoms with Crippen molar-refractivity contribution in [1.82, 2.24) is 9.55 Å². The highest BCUT2D eigenvalue weighted by Crippen LogP contribution is 2.21. The van der Waals surface area contributed by atoms with E-state index in [1.807, 2.05) is 13.8 Å². The molecule has 92 valence electrons. The van der Waals surface area contributed by atoms with Gasteiger partial charge in [-0.1, -0.05) is 0 Å². The molecule has 0 aromatic carbocycles. The van der Waals surface area contributed by atoms with E-state index in [0.717, 1.165) is 12.8 Å². The normalized spacial score (nSPS) is 11.2. The number of nitriles is 1. The lowest BCUT2D eigenvalue weighted by atomic mass is 9.90. The molecule has 5 nitrogen and oxygen atoms in total. The van der Waals surface area contributed by atoms with Crippen LogP contribution >= 0.6 is 0 Å². The van der Waals surface area contributed by atoms with Gasteiger partial charge in [-0.3, -0.25) is 0 Å². The van der Waals surface area contributed by atoms with Gasteiger partial charge in [-0.05, 0) is 33.6 Å². The van der Waals surface area contributed by atoms with Gasteiger partial charge in [0.05, 0.1) is 17.7 Å². The van der Waals surface area contributed by atoms with Gasteiger partial charge in [-0.25, -0.2) is 9.78 Å². The predicted octanol–water partition coefficient (Wildman–Crippen LogP) is 2.22. The van der Waals surface area contributed by atoms with E-state index in [4.69, 9.17) is 10.4 Å². The first-order valence-corrected chi connectivity index (χ1v) is 5.54. The number of carboxylic acids is 1. The van der Waals surface area contributed by atoms with Crippen LogP contribution in [0, 0.1) is 23.7 Å². The molecule has 0 radical (unpaired) electrons. The fourth-order valence-corrected chi connectivity index (χ4v) is 1.66. The van der Waals surface area contributed by atoms with Crippen LogP contribution in [0.1, 0.15) is 43.0 Å². The van der Waals surface area contributed by atoms with Gasteiger partial charge in [-0.2, -0.15) is 5.26 Å². The van der Waals surface area contributed by atoms with Crippen molar-refractivity contribution in [1.29, 1.82) is 5.26 Å². The fourth-order valence-electron chi connectivity index (χ4n) is 1.66. The third-order valence-electron chi connectivity index (χ3n) is 2.76. The van der Waals surface area contributed by atoms with Crippen LogP contribution in [0.3, 0.4) is 0 Å². The monoisotopic (exact) mass is 235 g/mol. The Balaban J connectivity index is 2.67. The molecule has 17 heavy (non-hydrogen) atoms. The van der Waals surface area contributed by atoms with Gasteiger partial charge < -0.3 is 9.67 Å². The van der Waals surface area contributed by atoms with Crippen LogP contribution in [0.2, 0.25) is 0 Å². The Hall–Kier alpha value is -1.83. The second-order valence-corrected chi connectivity index (χ2v) is 4.75. The molecule has 1 aromatic heterocycles. The number of aromatic nitrogens is 2. The van der Waals surface area contributed by atoms with Crippen molar-refractivity contribution < 1.29 is 9.90 Å². The Morgan fingerprint density at radius 1 is 1.65 bits per heavy atom. The van der Waals surface area contributed by atoms with E-state index in [0.29, 0.717) is 12.4 Å². The molecular weight excluding hydrogens is 218 g/mol. The SMILES string of the molecule is Cc1ncc(C(=O)O)n1CCCC(C)(C)C#N. The topological polar surface area (TPSA) is 78.9 Å². The van der Waals surface area contributed by atoms with Gasteiger partial charge in [0.15, 0.2) is 0 Å². The van der Waals surface area contributed by atoms with Gasteiger partial charge in [-0.15, -0.1) is 0 Å². The maximum absolute atomic E-state index is 10.9. The first-order chi connectivity index (χ1) is 7.87. The number of rotatable bonds is 5. The molecule has 0 fully saturated rings. The second-order valence-electron chi connectivity index (χ2n) is 4.75. The van der Waals surface area contributed by atoms with E-state index in [1.54, 1.807) is 11.5 Å². The molecule has 0 saturated heterocycles. The minimum Gasteiger partial charge on any atom is -0.477 e. The van der Waals surface area contributed by atoms with Crippen LogP contribution in [0.25, 0.3) is 0 Å². The van der Waals surface area contributed by atoms with Crippen molar-refractivity contribution >= 4 is 5.97 Å².